The summed E-state index contributed by atoms with van der Waals surface area (Å²) in [6.07, 6.45) is 1.78. The third-order valence-corrected chi connectivity index (χ3v) is 3.80. The molecule has 0 radical (unpaired) electrons. The Labute approximate surface area is 109 Å². The van der Waals surface area contributed by atoms with Crippen LogP contribution >= 0.6 is 0 Å². The molecule has 0 aromatic heterocycles. The molecular formula is C15H22N2O. The third-order valence-electron chi connectivity index (χ3n) is 3.80. The van der Waals surface area contributed by atoms with Crippen molar-refractivity contribution in [1.29, 1.82) is 0 Å². The molecular weight excluding hydrogens is 224 g/mol. The van der Waals surface area contributed by atoms with E-state index >= 15 is 0 Å². The second-order valence-corrected chi connectivity index (χ2v) is 5.32. The van der Waals surface area contributed by atoms with Crippen LogP contribution in [0.3, 0.4) is 0 Å². The predicted molar refractivity (Wildman–Crippen MR) is 74.4 cm³/mol. The van der Waals surface area contributed by atoms with Gasteiger partial charge in [0.1, 0.15) is 0 Å². The molecule has 0 aliphatic carbocycles. The molecule has 0 amide bonds. The van der Waals surface area contributed by atoms with E-state index in [1.807, 2.05) is 0 Å². The molecule has 3 nitrogen and oxygen atoms in total. The zero-order chi connectivity index (χ0) is 13.1. The molecule has 0 saturated carbocycles. The van der Waals surface area contributed by atoms with Gasteiger partial charge in [-0.1, -0.05) is 22.9 Å². The standard InChI is InChI=1S/C15H22N2O/c1-11-8-12(2)15(13(3)9-11)10-17-6-4-14(16-18)5-7-17/h8-9,18H,4-7,10H2,1-3H3. The molecule has 18 heavy (non-hydrogen) atoms. The molecule has 1 aromatic carbocycles. The summed E-state index contributed by atoms with van der Waals surface area (Å²) in [5, 5.41) is 12.1. The van der Waals surface area contributed by atoms with E-state index in [0.29, 0.717) is 0 Å². The molecule has 1 aliphatic heterocycles. The van der Waals surface area contributed by atoms with Crippen LogP contribution in [0, 0.1) is 20.8 Å². The number of rotatable bonds is 2. The lowest BCUT2D eigenvalue weighted by Crippen LogP contribution is -2.33. The zero-order valence-electron chi connectivity index (χ0n) is 11.5. The fraction of sp³-hybridized carbons (Fsp3) is 0.533. The SMILES string of the molecule is Cc1cc(C)c(CN2CCC(=NO)CC2)c(C)c1. The molecule has 1 aromatic rings. The lowest BCUT2D eigenvalue weighted by atomic mass is 9.98. The minimum absolute atomic E-state index is 0.889. The minimum Gasteiger partial charge on any atom is -0.411 e. The fourth-order valence-electron chi connectivity index (χ4n) is 2.75. The van der Waals surface area contributed by atoms with Crippen molar-refractivity contribution >= 4 is 5.71 Å². The summed E-state index contributed by atoms with van der Waals surface area (Å²) in [5.41, 5.74) is 6.49. The molecule has 1 aliphatic rings. The maximum atomic E-state index is 8.76. The molecule has 98 valence electrons. The van der Waals surface area contributed by atoms with E-state index in [1.54, 1.807) is 0 Å². The van der Waals surface area contributed by atoms with Crippen molar-refractivity contribution in [2.45, 2.75) is 40.2 Å². The number of oxime groups is 1. The average molecular weight is 246 g/mol. The van der Waals surface area contributed by atoms with E-state index in [0.717, 1.165) is 38.2 Å². The highest BCUT2D eigenvalue weighted by Gasteiger charge is 2.17. The van der Waals surface area contributed by atoms with Gasteiger partial charge in [0.2, 0.25) is 0 Å². The van der Waals surface area contributed by atoms with E-state index in [9.17, 15) is 0 Å². The largest absolute Gasteiger partial charge is 0.411 e. The Balaban J connectivity index is 2.07. The molecule has 0 unspecified atom stereocenters. The van der Waals surface area contributed by atoms with E-state index in [4.69, 9.17) is 5.21 Å². The van der Waals surface area contributed by atoms with Crippen LogP contribution in [-0.2, 0) is 6.54 Å². The number of piperidine rings is 1. The van der Waals surface area contributed by atoms with E-state index in [-0.39, 0.29) is 0 Å². The van der Waals surface area contributed by atoms with Crippen LogP contribution < -0.4 is 0 Å². The summed E-state index contributed by atoms with van der Waals surface area (Å²) in [6.45, 7) is 9.53. The van der Waals surface area contributed by atoms with Crippen LogP contribution in [0.4, 0.5) is 0 Å². The first kappa shape index (κ1) is 13.1. The second-order valence-electron chi connectivity index (χ2n) is 5.32. The molecule has 0 atom stereocenters. The molecule has 1 saturated heterocycles. The Morgan fingerprint density at radius 2 is 1.67 bits per heavy atom. The van der Waals surface area contributed by atoms with E-state index < -0.39 is 0 Å². The van der Waals surface area contributed by atoms with Gasteiger partial charge in [0.25, 0.3) is 0 Å². The zero-order valence-corrected chi connectivity index (χ0v) is 11.5. The molecule has 0 spiro atoms. The molecule has 3 heteroatoms. The van der Waals surface area contributed by atoms with Crippen LogP contribution in [0.1, 0.15) is 35.1 Å². The van der Waals surface area contributed by atoms with Gasteiger partial charge in [0, 0.05) is 32.5 Å². The molecule has 1 fully saturated rings. The normalized spacial score (nSPS) is 16.9. The van der Waals surface area contributed by atoms with E-state index in [1.165, 1.54) is 22.3 Å². The highest BCUT2D eigenvalue weighted by molar-refractivity contribution is 5.84. The highest BCUT2D eigenvalue weighted by Crippen LogP contribution is 2.20. The van der Waals surface area contributed by atoms with Crippen LogP contribution in [0.2, 0.25) is 0 Å². The topological polar surface area (TPSA) is 35.8 Å². The predicted octanol–water partition coefficient (Wildman–Crippen LogP) is 3.04. The van der Waals surface area contributed by atoms with Gasteiger partial charge in [-0.3, -0.25) is 4.90 Å². The number of benzene rings is 1. The number of hydrogen-bond donors (Lipinski definition) is 1. The van der Waals surface area contributed by atoms with Gasteiger partial charge < -0.3 is 5.21 Å². The Morgan fingerprint density at radius 3 is 2.17 bits per heavy atom. The highest BCUT2D eigenvalue weighted by atomic mass is 16.4. The lowest BCUT2D eigenvalue weighted by molar-refractivity contribution is 0.255. The van der Waals surface area contributed by atoms with Gasteiger partial charge in [-0.2, -0.15) is 0 Å². The van der Waals surface area contributed by atoms with Crippen LogP contribution in [-0.4, -0.2) is 28.9 Å². The lowest BCUT2D eigenvalue weighted by Gasteiger charge is -2.28. The first-order valence-electron chi connectivity index (χ1n) is 6.59. The Hall–Kier alpha value is -1.35. The van der Waals surface area contributed by atoms with Crippen LogP contribution in [0.25, 0.3) is 0 Å². The van der Waals surface area contributed by atoms with Crippen LogP contribution in [0.5, 0.6) is 0 Å². The van der Waals surface area contributed by atoms with E-state index in [2.05, 4.69) is 43.0 Å². The van der Waals surface area contributed by atoms with Crippen molar-refractivity contribution in [3.05, 3.63) is 34.4 Å². The van der Waals surface area contributed by atoms with Crippen molar-refractivity contribution in [3.63, 3.8) is 0 Å². The average Bonchev–Trinajstić information content (AvgIpc) is 2.34. The summed E-state index contributed by atoms with van der Waals surface area (Å²) >= 11 is 0. The van der Waals surface area contributed by atoms with Gasteiger partial charge in [-0.15, -0.1) is 0 Å². The van der Waals surface area contributed by atoms with Gasteiger partial charge in [-0.05, 0) is 37.5 Å². The van der Waals surface area contributed by atoms with Gasteiger partial charge in [0.05, 0.1) is 5.71 Å². The number of hydrogen-bond acceptors (Lipinski definition) is 3. The Bertz CT molecular complexity index is 433. The summed E-state index contributed by atoms with van der Waals surface area (Å²) in [6, 6.07) is 4.51. The van der Waals surface area contributed by atoms with Gasteiger partial charge in [0.15, 0.2) is 0 Å². The summed E-state index contributed by atoms with van der Waals surface area (Å²) in [5.74, 6) is 0. The number of likely N-dealkylation sites (tertiary alicyclic amines) is 1. The monoisotopic (exact) mass is 246 g/mol. The maximum Gasteiger partial charge on any atom is 0.0596 e. The maximum absolute atomic E-state index is 8.76. The van der Waals surface area contributed by atoms with Crippen molar-refractivity contribution < 1.29 is 5.21 Å². The van der Waals surface area contributed by atoms with Gasteiger partial charge in [-0.25, -0.2) is 0 Å². The molecule has 0 bridgehead atoms. The summed E-state index contributed by atoms with van der Waals surface area (Å²) in [4.78, 5) is 2.44. The first-order valence-corrected chi connectivity index (χ1v) is 6.59. The Kier molecular flexibility index (Phi) is 4.02. The molecule has 2 rings (SSSR count). The van der Waals surface area contributed by atoms with Crippen molar-refractivity contribution in [2.75, 3.05) is 13.1 Å². The first-order chi connectivity index (χ1) is 8.60. The fourth-order valence-corrected chi connectivity index (χ4v) is 2.75. The molecule has 1 heterocycles. The van der Waals surface area contributed by atoms with Crippen molar-refractivity contribution in [2.24, 2.45) is 5.16 Å². The van der Waals surface area contributed by atoms with Gasteiger partial charge >= 0.3 is 0 Å². The quantitative estimate of drug-likeness (QED) is 0.643. The Morgan fingerprint density at radius 1 is 1.11 bits per heavy atom. The number of aryl methyl sites for hydroxylation is 3. The second kappa shape index (κ2) is 5.53. The smallest absolute Gasteiger partial charge is 0.0596 e. The number of nitrogens with zero attached hydrogens (tertiary/aromatic N) is 2. The molecule has 1 N–H and O–H groups in total. The van der Waals surface area contributed by atoms with Crippen molar-refractivity contribution in [3.8, 4) is 0 Å². The minimum atomic E-state index is 0.889. The summed E-state index contributed by atoms with van der Waals surface area (Å²) < 4.78 is 0. The van der Waals surface area contributed by atoms with Crippen LogP contribution in [0.15, 0.2) is 17.3 Å². The summed E-state index contributed by atoms with van der Waals surface area (Å²) in [7, 11) is 0. The third kappa shape index (κ3) is 2.91. The van der Waals surface area contributed by atoms with Crippen molar-refractivity contribution in [1.82, 2.24) is 4.90 Å².